The standard InChI is InChI=1S/C17H22N2O2S/c1-11(2)15(20)19-12-3-4-14(19)17(9-12)6-7-18(16(17)21)13-5-8-22-10-13/h5,8,10-12,14H,3-4,6-7,9H2,1-2H3/t12-,14-,17-/m0/s1. The van der Waals surface area contributed by atoms with E-state index in [9.17, 15) is 9.59 Å². The highest BCUT2D eigenvalue weighted by Gasteiger charge is 2.64. The molecule has 3 saturated heterocycles. The average Bonchev–Trinajstić information content (AvgIpc) is 3.24. The minimum atomic E-state index is -0.310. The van der Waals surface area contributed by atoms with E-state index in [4.69, 9.17) is 0 Å². The number of carbonyl (C=O) groups excluding carboxylic acids is 2. The number of nitrogens with zero attached hydrogens (tertiary/aromatic N) is 2. The smallest absolute Gasteiger partial charge is 0.235 e. The molecule has 0 N–H and O–H groups in total. The molecule has 2 bridgehead atoms. The summed E-state index contributed by atoms with van der Waals surface area (Å²) in [4.78, 5) is 29.7. The summed E-state index contributed by atoms with van der Waals surface area (Å²) in [6.45, 7) is 4.71. The molecule has 0 unspecified atom stereocenters. The highest BCUT2D eigenvalue weighted by Crippen LogP contribution is 2.55. The van der Waals surface area contributed by atoms with Gasteiger partial charge in [-0.25, -0.2) is 0 Å². The Morgan fingerprint density at radius 1 is 1.41 bits per heavy atom. The van der Waals surface area contributed by atoms with Crippen LogP contribution in [0.5, 0.6) is 0 Å². The summed E-state index contributed by atoms with van der Waals surface area (Å²) >= 11 is 1.63. The summed E-state index contributed by atoms with van der Waals surface area (Å²) in [6, 6.07) is 2.43. The predicted molar refractivity (Wildman–Crippen MR) is 86.8 cm³/mol. The molecule has 118 valence electrons. The maximum Gasteiger partial charge on any atom is 0.235 e. The normalized spacial score (nSPS) is 33.7. The molecule has 4 heterocycles. The van der Waals surface area contributed by atoms with Crippen LogP contribution in [-0.4, -0.2) is 35.3 Å². The lowest BCUT2D eigenvalue weighted by atomic mass is 9.72. The summed E-state index contributed by atoms with van der Waals surface area (Å²) in [5.41, 5.74) is 0.714. The van der Waals surface area contributed by atoms with Crippen molar-refractivity contribution in [2.75, 3.05) is 11.4 Å². The summed E-state index contributed by atoms with van der Waals surface area (Å²) < 4.78 is 0. The van der Waals surface area contributed by atoms with Gasteiger partial charge in [0, 0.05) is 29.9 Å². The zero-order valence-electron chi connectivity index (χ0n) is 13.1. The van der Waals surface area contributed by atoms with E-state index in [1.165, 1.54) is 0 Å². The van der Waals surface area contributed by atoms with E-state index in [0.29, 0.717) is 0 Å². The molecule has 0 aromatic carbocycles. The van der Waals surface area contributed by atoms with Crippen LogP contribution in [0.3, 0.4) is 0 Å². The van der Waals surface area contributed by atoms with Crippen LogP contribution in [0, 0.1) is 11.3 Å². The van der Waals surface area contributed by atoms with E-state index >= 15 is 0 Å². The average molecular weight is 318 g/mol. The number of amides is 2. The summed E-state index contributed by atoms with van der Waals surface area (Å²) in [6.07, 6.45) is 3.82. The summed E-state index contributed by atoms with van der Waals surface area (Å²) in [5, 5.41) is 4.06. The maximum absolute atomic E-state index is 13.1. The van der Waals surface area contributed by atoms with Crippen LogP contribution >= 0.6 is 11.3 Å². The fourth-order valence-corrected chi connectivity index (χ4v) is 5.40. The van der Waals surface area contributed by atoms with Crippen molar-refractivity contribution >= 4 is 28.8 Å². The second-order valence-electron chi connectivity index (χ2n) is 7.20. The number of hydrogen-bond donors (Lipinski definition) is 0. The molecule has 3 fully saturated rings. The summed E-state index contributed by atoms with van der Waals surface area (Å²) in [5.74, 6) is 0.494. The Balaban J connectivity index is 1.64. The molecule has 5 heteroatoms. The van der Waals surface area contributed by atoms with E-state index in [1.807, 2.05) is 35.6 Å². The third-order valence-corrected chi connectivity index (χ3v) is 6.43. The first-order valence-electron chi connectivity index (χ1n) is 8.21. The first-order valence-corrected chi connectivity index (χ1v) is 9.15. The topological polar surface area (TPSA) is 40.6 Å². The van der Waals surface area contributed by atoms with Crippen molar-refractivity contribution < 1.29 is 9.59 Å². The van der Waals surface area contributed by atoms with Crippen LogP contribution in [0.25, 0.3) is 0 Å². The van der Waals surface area contributed by atoms with Crippen molar-refractivity contribution in [3.05, 3.63) is 16.8 Å². The van der Waals surface area contributed by atoms with Crippen LogP contribution in [-0.2, 0) is 9.59 Å². The first kappa shape index (κ1) is 14.2. The van der Waals surface area contributed by atoms with Crippen molar-refractivity contribution in [1.29, 1.82) is 0 Å². The molecule has 1 spiro atoms. The van der Waals surface area contributed by atoms with Gasteiger partial charge >= 0.3 is 0 Å². The minimum absolute atomic E-state index is 0.0164. The number of rotatable bonds is 2. The fourth-order valence-electron chi connectivity index (χ4n) is 4.76. The Kier molecular flexibility index (Phi) is 3.12. The van der Waals surface area contributed by atoms with Crippen molar-refractivity contribution in [2.45, 2.75) is 51.6 Å². The van der Waals surface area contributed by atoms with Gasteiger partial charge in [-0.15, -0.1) is 0 Å². The van der Waals surface area contributed by atoms with Gasteiger partial charge in [0.25, 0.3) is 0 Å². The van der Waals surface area contributed by atoms with Crippen LogP contribution < -0.4 is 4.90 Å². The second kappa shape index (κ2) is 4.82. The molecule has 3 aliphatic heterocycles. The van der Waals surface area contributed by atoms with E-state index in [0.717, 1.165) is 37.9 Å². The lowest BCUT2D eigenvalue weighted by Gasteiger charge is -2.32. The second-order valence-corrected chi connectivity index (χ2v) is 7.98. The van der Waals surface area contributed by atoms with Gasteiger partial charge in [0.05, 0.1) is 11.1 Å². The lowest BCUT2D eigenvalue weighted by Crippen LogP contribution is -2.46. The van der Waals surface area contributed by atoms with Gasteiger partial charge in [0.1, 0.15) is 0 Å². The Morgan fingerprint density at radius 3 is 2.91 bits per heavy atom. The first-order chi connectivity index (χ1) is 10.5. The zero-order valence-corrected chi connectivity index (χ0v) is 13.9. The Morgan fingerprint density at radius 2 is 2.23 bits per heavy atom. The molecule has 2 amide bonds. The number of anilines is 1. The van der Waals surface area contributed by atoms with Crippen LogP contribution in [0.15, 0.2) is 16.8 Å². The maximum atomic E-state index is 13.1. The number of carbonyl (C=O) groups is 2. The van der Waals surface area contributed by atoms with Crippen LogP contribution in [0.1, 0.15) is 39.5 Å². The van der Waals surface area contributed by atoms with Gasteiger partial charge in [-0.05, 0) is 37.1 Å². The molecule has 22 heavy (non-hydrogen) atoms. The highest BCUT2D eigenvalue weighted by atomic mass is 32.1. The number of fused-ring (bicyclic) bond motifs is 3. The molecule has 0 saturated carbocycles. The Bertz CT molecular complexity index is 612. The van der Waals surface area contributed by atoms with Crippen molar-refractivity contribution in [3.63, 3.8) is 0 Å². The fraction of sp³-hybridized carbons (Fsp3) is 0.647. The van der Waals surface area contributed by atoms with E-state index in [1.54, 1.807) is 11.3 Å². The molecular weight excluding hydrogens is 296 g/mol. The van der Waals surface area contributed by atoms with Gasteiger partial charge in [-0.1, -0.05) is 13.8 Å². The minimum Gasteiger partial charge on any atom is -0.335 e. The lowest BCUT2D eigenvalue weighted by molar-refractivity contribution is -0.137. The number of thiophene rings is 1. The van der Waals surface area contributed by atoms with E-state index < -0.39 is 0 Å². The van der Waals surface area contributed by atoms with Gasteiger partial charge < -0.3 is 9.80 Å². The quantitative estimate of drug-likeness (QED) is 0.841. The van der Waals surface area contributed by atoms with Crippen molar-refractivity contribution in [2.24, 2.45) is 11.3 Å². The SMILES string of the molecule is CC(C)C(=O)N1[C@H]2CC[C@H]1[C@]1(CCN(c3ccsc3)C1=O)C2. The van der Waals surface area contributed by atoms with Gasteiger partial charge in [0.15, 0.2) is 0 Å². The Labute approximate surface area is 135 Å². The van der Waals surface area contributed by atoms with E-state index in [-0.39, 0.29) is 35.2 Å². The van der Waals surface area contributed by atoms with Crippen LogP contribution in [0.2, 0.25) is 0 Å². The van der Waals surface area contributed by atoms with Crippen LogP contribution in [0.4, 0.5) is 5.69 Å². The molecule has 3 atom stereocenters. The Hall–Kier alpha value is -1.36. The zero-order chi connectivity index (χ0) is 15.5. The largest absolute Gasteiger partial charge is 0.335 e. The molecule has 1 aromatic rings. The van der Waals surface area contributed by atoms with Crippen molar-refractivity contribution in [3.8, 4) is 0 Å². The van der Waals surface area contributed by atoms with Crippen molar-refractivity contribution in [1.82, 2.24) is 4.90 Å². The van der Waals surface area contributed by atoms with Gasteiger partial charge in [-0.2, -0.15) is 11.3 Å². The third-order valence-electron chi connectivity index (χ3n) is 5.76. The highest BCUT2D eigenvalue weighted by molar-refractivity contribution is 7.08. The van der Waals surface area contributed by atoms with Gasteiger partial charge in [0.2, 0.25) is 11.8 Å². The monoisotopic (exact) mass is 318 g/mol. The molecule has 0 radical (unpaired) electrons. The van der Waals surface area contributed by atoms with Gasteiger partial charge in [-0.3, -0.25) is 9.59 Å². The molecule has 0 aliphatic carbocycles. The molecule has 4 nitrogen and oxygen atoms in total. The third kappa shape index (κ3) is 1.75. The van der Waals surface area contributed by atoms with E-state index in [2.05, 4.69) is 4.90 Å². The predicted octanol–water partition coefficient (Wildman–Crippen LogP) is 2.89. The molecular formula is C17H22N2O2S. The molecule has 3 aliphatic rings. The molecule has 1 aromatic heterocycles. The molecule has 4 rings (SSSR count). The summed E-state index contributed by atoms with van der Waals surface area (Å²) in [7, 11) is 0. The number of hydrogen-bond acceptors (Lipinski definition) is 3.